The highest BCUT2D eigenvalue weighted by Gasteiger charge is 2.47. The molecule has 1 aromatic heterocycles. The van der Waals surface area contributed by atoms with E-state index in [4.69, 9.17) is 14.9 Å². The minimum atomic E-state index is -4.78. The Kier molecular flexibility index (Phi) is 15.3. The fourth-order valence-corrected chi connectivity index (χ4v) is 7.81. The number of hydrogen-bond acceptors (Lipinski definition) is 8. The van der Waals surface area contributed by atoms with Crippen LogP contribution in [0.1, 0.15) is 75.2 Å². The van der Waals surface area contributed by atoms with Gasteiger partial charge in [-0.25, -0.2) is 4.39 Å². The van der Waals surface area contributed by atoms with Crippen molar-refractivity contribution >= 4 is 34.8 Å². The molecule has 3 aliphatic rings. The maximum Gasteiger partial charge on any atom is 0.425 e. The zero-order valence-electron chi connectivity index (χ0n) is 31.0. The summed E-state index contributed by atoms with van der Waals surface area (Å²) in [5.41, 5.74) is -2.53. The van der Waals surface area contributed by atoms with E-state index in [0.717, 1.165) is 11.5 Å². The van der Waals surface area contributed by atoms with Gasteiger partial charge in [-0.3, -0.25) is 19.4 Å². The summed E-state index contributed by atoms with van der Waals surface area (Å²) >= 11 is 0.481. The Bertz CT molecular complexity index is 1880. The van der Waals surface area contributed by atoms with Gasteiger partial charge in [0.1, 0.15) is 16.3 Å². The second-order valence-corrected chi connectivity index (χ2v) is 14.7. The monoisotopic (exact) mass is 828 g/mol. The number of nitrogens with zero attached hydrogens (tertiary/aromatic N) is 4. The number of ether oxygens (including phenoxy) is 1. The topological polar surface area (TPSA) is 144 Å². The smallest absolute Gasteiger partial charge is 0.425 e. The van der Waals surface area contributed by atoms with E-state index < -0.39 is 63.6 Å². The van der Waals surface area contributed by atoms with Crippen molar-refractivity contribution in [2.75, 3.05) is 32.8 Å². The van der Waals surface area contributed by atoms with Gasteiger partial charge < -0.3 is 24.7 Å². The molecule has 2 amide bonds. The molecule has 57 heavy (non-hydrogen) atoms. The number of aliphatic imine (C=N–C) groups is 1. The van der Waals surface area contributed by atoms with Crippen molar-refractivity contribution in [3.8, 4) is 17.6 Å². The second-order valence-electron chi connectivity index (χ2n) is 13.8. The number of carbonyl (C=O) groups is 3. The molecule has 0 aliphatic carbocycles. The van der Waals surface area contributed by atoms with Crippen molar-refractivity contribution in [2.24, 2.45) is 10.9 Å². The lowest BCUT2D eigenvalue weighted by Crippen LogP contribution is -2.56. The number of aliphatic carboxylic acids is 1. The first kappa shape index (κ1) is 44.8. The molecule has 10 nitrogen and oxygen atoms in total. The summed E-state index contributed by atoms with van der Waals surface area (Å²) in [4.78, 5) is 44.7. The third kappa shape index (κ3) is 11.4. The predicted octanol–water partition coefficient (Wildman–Crippen LogP) is 8.22. The van der Waals surface area contributed by atoms with Crippen LogP contribution in [0.15, 0.2) is 58.4 Å². The number of carboxylic acid groups (broad SMARTS) is 1. The minimum Gasteiger partial charge on any atom is -0.507 e. The molecule has 0 spiro atoms. The van der Waals surface area contributed by atoms with Gasteiger partial charge in [0.2, 0.25) is 5.91 Å². The zero-order chi connectivity index (χ0) is 42.0. The fourth-order valence-electron chi connectivity index (χ4n) is 7.18. The van der Waals surface area contributed by atoms with Crippen molar-refractivity contribution in [2.45, 2.75) is 88.5 Å². The normalized spacial score (nSPS) is 19.6. The number of aromatic hydroxyl groups is 1. The van der Waals surface area contributed by atoms with Crippen molar-refractivity contribution in [3.05, 3.63) is 69.7 Å². The standard InChI is InChI=1S/C34H40F4N4O5.C5H3F3OS/c1-2-9-27-23(10-8-18-42(27)32(46)29-24(34(36,37)38)11-3-5-17-40-29)31(45)41-19-15-33(22-39,16-20-41)25-12-7-13-26(35)30(25)47-21-6-4-14-28(43)44;6-5(7,8)4-1-3(9)2-10-4/h3,5,7,11-13,23,27H,2,4,6,8-10,14-21H2,1H3,(H,43,44);1-2,9H. The number of thiophene rings is 1. The Morgan fingerprint density at radius 3 is 2.39 bits per heavy atom. The van der Waals surface area contributed by atoms with Crippen molar-refractivity contribution in [1.29, 1.82) is 5.26 Å². The number of halogens is 7. The maximum atomic E-state index is 15.0. The molecule has 1 aromatic carbocycles. The van der Waals surface area contributed by atoms with Crippen LogP contribution in [0.4, 0.5) is 30.7 Å². The Morgan fingerprint density at radius 1 is 1.09 bits per heavy atom. The molecule has 4 heterocycles. The number of nitriles is 1. The third-order valence-corrected chi connectivity index (χ3v) is 10.9. The van der Waals surface area contributed by atoms with Gasteiger partial charge in [0.05, 0.1) is 36.1 Å². The molecular formula is C39H43F7N4O6S. The minimum absolute atomic E-state index is 0.0383. The lowest BCUT2D eigenvalue weighted by molar-refractivity contribution is -0.144. The maximum absolute atomic E-state index is 15.0. The molecule has 2 saturated heterocycles. The molecule has 2 fully saturated rings. The Morgan fingerprint density at radius 2 is 1.81 bits per heavy atom. The molecule has 310 valence electrons. The van der Waals surface area contributed by atoms with Crippen LogP contribution in [0.5, 0.6) is 11.5 Å². The average Bonchev–Trinajstić information content (AvgIpc) is 3.46. The van der Waals surface area contributed by atoms with Crippen LogP contribution in [0, 0.1) is 23.1 Å². The largest absolute Gasteiger partial charge is 0.507 e. The Balaban J connectivity index is 0.000000626. The van der Waals surface area contributed by atoms with Gasteiger partial charge in [-0.1, -0.05) is 37.6 Å². The first-order valence-electron chi connectivity index (χ1n) is 18.4. The molecule has 18 heteroatoms. The number of allylic oxidation sites excluding steroid dienone is 2. The first-order valence-corrected chi connectivity index (χ1v) is 19.3. The number of carboxylic acids is 1. The lowest BCUT2D eigenvalue weighted by Gasteiger charge is -2.44. The Hall–Kier alpha value is -4.92. The Labute approximate surface area is 328 Å². The van der Waals surface area contributed by atoms with Gasteiger partial charge >= 0.3 is 18.3 Å². The van der Waals surface area contributed by atoms with Gasteiger partial charge in [-0.2, -0.15) is 31.6 Å². The van der Waals surface area contributed by atoms with Crippen LogP contribution in [-0.4, -0.2) is 88.5 Å². The molecule has 2 unspecified atom stereocenters. The molecule has 0 bridgehead atoms. The van der Waals surface area contributed by atoms with Gasteiger partial charge in [0.25, 0.3) is 5.91 Å². The fraction of sp³-hybridized carbons (Fsp3) is 0.513. The highest BCUT2D eigenvalue weighted by molar-refractivity contribution is 7.10. The summed E-state index contributed by atoms with van der Waals surface area (Å²) in [7, 11) is 0. The summed E-state index contributed by atoms with van der Waals surface area (Å²) < 4.78 is 97.5. The molecule has 3 aliphatic heterocycles. The van der Waals surface area contributed by atoms with Crippen molar-refractivity contribution in [1.82, 2.24) is 9.80 Å². The van der Waals surface area contributed by atoms with Gasteiger partial charge in [-0.05, 0) is 57.1 Å². The summed E-state index contributed by atoms with van der Waals surface area (Å²) in [5, 5.41) is 28.8. The number of amides is 2. The molecule has 2 N–H and O–H groups in total. The van der Waals surface area contributed by atoms with E-state index in [-0.39, 0.29) is 69.5 Å². The first-order chi connectivity index (χ1) is 26.9. The van der Waals surface area contributed by atoms with Gasteiger partial charge in [0.15, 0.2) is 11.6 Å². The summed E-state index contributed by atoms with van der Waals surface area (Å²) in [6.07, 6.45) is -2.54. The number of hydrogen-bond donors (Lipinski definition) is 2. The number of carbonyl (C=O) groups excluding carboxylic acids is 2. The van der Waals surface area contributed by atoms with Crippen molar-refractivity contribution in [3.63, 3.8) is 0 Å². The number of unbranched alkanes of at least 4 members (excludes halogenated alkanes) is 1. The highest BCUT2D eigenvalue weighted by Crippen LogP contribution is 2.42. The molecule has 2 aromatic rings. The van der Waals surface area contributed by atoms with Crippen LogP contribution in [-0.2, 0) is 26.0 Å². The average molecular weight is 829 g/mol. The predicted molar refractivity (Wildman–Crippen MR) is 196 cm³/mol. The van der Waals surface area contributed by atoms with Crippen LogP contribution < -0.4 is 4.74 Å². The SMILES string of the molecule is CCCC1C(C(=O)N2CCC(C#N)(c3cccc(F)c3OCCCCC(=O)O)CC2)CCCN1C(=O)C1=NCC=CC=C1C(F)(F)F.Oc1csc(C(F)(F)F)c1. The van der Waals surface area contributed by atoms with E-state index in [1.165, 1.54) is 29.2 Å². The summed E-state index contributed by atoms with van der Waals surface area (Å²) in [6.45, 7) is 2.48. The van der Waals surface area contributed by atoms with Gasteiger partial charge in [-0.15, -0.1) is 11.3 Å². The summed E-state index contributed by atoms with van der Waals surface area (Å²) in [6, 6.07) is 6.78. The zero-order valence-corrected chi connectivity index (χ0v) is 31.9. The van der Waals surface area contributed by atoms with E-state index in [1.54, 1.807) is 11.0 Å². The number of piperidine rings is 2. The molecule has 2 atom stereocenters. The van der Waals surface area contributed by atoms with E-state index >= 15 is 0 Å². The number of rotatable bonds is 11. The number of benzene rings is 1. The number of para-hydroxylation sites is 1. The second kappa shape index (κ2) is 19.5. The van der Waals surface area contributed by atoms with Crippen molar-refractivity contribution < 1.29 is 60.1 Å². The molecular weight excluding hydrogens is 786 g/mol. The van der Waals surface area contributed by atoms with E-state index in [2.05, 4.69) is 11.1 Å². The number of alkyl halides is 6. The van der Waals surface area contributed by atoms with E-state index in [1.807, 2.05) is 6.92 Å². The summed E-state index contributed by atoms with van der Waals surface area (Å²) in [5.74, 6) is -3.66. The lowest BCUT2D eigenvalue weighted by atomic mass is 9.73. The van der Waals surface area contributed by atoms with Crippen LogP contribution >= 0.6 is 11.3 Å². The van der Waals surface area contributed by atoms with E-state index in [9.17, 15) is 50.4 Å². The van der Waals surface area contributed by atoms with E-state index in [0.29, 0.717) is 61.5 Å². The quantitative estimate of drug-likeness (QED) is 0.172. The molecule has 5 rings (SSSR count). The van der Waals surface area contributed by atoms with Crippen LogP contribution in [0.2, 0.25) is 0 Å². The van der Waals surface area contributed by atoms with Gasteiger partial charge in [0, 0.05) is 49.1 Å². The third-order valence-electron chi connectivity index (χ3n) is 9.98. The van der Waals surface area contributed by atoms with Crippen LogP contribution in [0.25, 0.3) is 0 Å². The molecule has 0 radical (unpaired) electrons. The number of likely N-dealkylation sites (tertiary alicyclic amines) is 2. The molecule has 0 saturated carbocycles. The highest BCUT2D eigenvalue weighted by atomic mass is 32.1. The van der Waals surface area contributed by atoms with Crippen LogP contribution in [0.3, 0.4) is 0 Å².